The second-order valence-electron chi connectivity index (χ2n) is 8.25. The van der Waals surface area contributed by atoms with Crippen LogP contribution in [-0.2, 0) is 9.47 Å². The zero-order chi connectivity index (χ0) is 22.8. The summed E-state index contributed by atoms with van der Waals surface area (Å²) in [5, 5.41) is 10.0. The van der Waals surface area contributed by atoms with E-state index in [1.165, 1.54) is 0 Å². The average molecular weight is 452 g/mol. The van der Waals surface area contributed by atoms with Crippen molar-refractivity contribution in [2.24, 2.45) is 0 Å². The Bertz CT molecular complexity index is 1240. The van der Waals surface area contributed by atoms with Gasteiger partial charge in [-0.2, -0.15) is 9.97 Å². The van der Waals surface area contributed by atoms with Gasteiger partial charge in [0.2, 0.25) is 5.95 Å². The lowest BCUT2D eigenvalue weighted by Gasteiger charge is -2.34. The highest BCUT2D eigenvalue weighted by molar-refractivity contribution is 5.96. The first-order chi connectivity index (χ1) is 16.2. The van der Waals surface area contributed by atoms with Crippen LogP contribution >= 0.6 is 0 Å². The molecule has 3 aromatic heterocycles. The van der Waals surface area contributed by atoms with E-state index in [0.717, 1.165) is 40.2 Å². The molecule has 5 rings (SSSR count). The quantitative estimate of drug-likeness (QED) is 0.349. The number of fused-ring (bicyclic) bond motifs is 2. The first kappa shape index (κ1) is 21.6. The number of hydrogen-bond acceptors (Lipinski definition) is 8. The molecule has 1 fully saturated rings. The van der Waals surface area contributed by atoms with Crippen molar-refractivity contribution in [3.8, 4) is 11.4 Å². The fourth-order valence-corrected chi connectivity index (χ4v) is 4.18. The van der Waals surface area contributed by atoms with E-state index in [2.05, 4.69) is 33.9 Å². The molecule has 1 aliphatic heterocycles. The van der Waals surface area contributed by atoms with Crippen molar-refractivity contribution in [3.05, 3.63) is 30.5 Å². The highest BCUT2D eigenvalue weighted by Crippen LogP contribution is 2.32. The molecule has 0 saturated carbocycles. The Hall–Kier alpha value is -3.21. The highest BCUT2D eigenvalue weighted by atomic mass is 16.5. The van der Waals surface area contributed by atoms with Crippen LogP contribution in [0.3, 0.4) is 0 Å². The van der Waals surface area contributed by atoms with E-state index < -0.39 is 0 Å². The van der Waals surface area contributed by atoms with Crippen molar-refractivity contribution in [2.75, 3.05) is 63.0 Å². The lowest BCUT2D eigenvalue weighted by molar-refractivity contribution is 0.0969. The summed E-state index contributed by atoms with van der Waals surface area (Å²) < 4.78 is 11.1. The molecule has 0 spiro atoms. The number of rotatable bonds is 8. The van der Waals surface area contributed by atoms with Crippen LogP contribution in [0.15, 0.2) is 30.5 Å². The van der Waals surface area contributed by atoms with Gasteiger partial charge in [0.15, 0.2) is 11.5 Å². The number of aromatic nitrogens is 5. The van der Waals surface area contributed by atoms with E-state index in [9.17, 15) is 0 Å². The molecular formula is C23H29N7O3. The summed E-state index contributed by atoms with van der Waals surface area (Å²) in [5.41, 5.74) is 3.52. The number of nitrogens with zero attached hydrogens (tertiary/aromatic N) is 5. The molecule has 0 aliphatic carbocycles. The standard InChI is InChI=1S/C23H29N7O3/c1-15-14-33-12-9-30(15)22-19-21(27-23(28-22)29(2)8-11-32-13-10-31)26-20(25-19)17-4-3-5-18-16(17)6-7-24-18/h3-7,15,24,31H,8-14H2,1-2H3,(H,25,26,27,28). The molecule has 0 bridgehead atoms. The van der Waals surface area contributed by atoms with Gasteiger partial charge < -0.3 is 34.3 Å². The average Bonchev–Trinajstić information content (AvgIpc) is 3.48. The molecule has 174 valence electrons. The van der Waals surface area contributed by atoms with Crippen molar-refractivity contribution in [1.29, 1.82) is 0 Å². The molecule has 4 aromatic rings. The number of nitrogens with one attached hydrogen (secondary N) is 2. The van der Waals surface area contributed by atoms with Crippen molar-refractivity contribution < 1.29 is 14.6 Å². The van der Waals surface area contributed by atoms with Crippen molar-refractivity contribution >= 4 is 33.8 Å². The molecule has 3 N–H and O–H groups in total. The van der Waals surface area contributed by atoms with Gasteiger partial charge in [-0.3, -0.25) is 0 Å². The number of likely N-dealkylation sites (N-methyl/N-ethyl adjacent to an activating group) is 1. The van der Waals surface area contributed by atoms with E-state index in [1.54, 1.807) is 0 Å². The number of morpholine rings is 1. The third kappa shape index (κ3) is 4.24. The predicted molar refractivity (Wildman–Crippen MR) is 128 cm³/mol. The maximum atomic E-state index is 8.93. The number of aliphatic hydroxyl groups is 1. The number of imidazole rings is 1. The molecule has 1 saturated heterocycles. The molecule has 0 radical (unpaired) electrons. The number of H-pyrrole nitrogens is 2. The number of benzene rings is 1. The second-order valence-corrected chi connectivity index (χ2v) is 8.25. The molecule has 10 heteroatoms. The van der Waals surface area contributed by atoms with Crippen LogP contribution in [0.1, 0.15) is 6.92 Å². The number of aromatic amines is 2. The molecule has 1 aliphatic rings. The minimum absolute atomic E-state index is 0.00911. The Kier molecular flexibility index (Phi) is 6.12. The summed E-state index contributed by atoms with van der Waals surface area (Å²) in [6.45, 7) is 5.59. The first-order valence-corrected chi connectivity index (χ1v) is 11.2. The summed E-state index contributed by atoms with van der Waals surface area (Å²) >= 11 is 0. The smallest absolute Gasteiger partial charge is 0.229 e. The molecule has 1 unspecified atom stereocenters. The SMILES string of the molecule is CC1COCCN1c1nc(N(C)CCOCCO)nc2nc(-c3cccc4[nH]ccc34)[nH]c12. The minimum Gasteiger partial charge on any atom is -0.394 e. The van der Waals surface area contributed by atoms with E-state index in [0.29, 0.717) is 44.6 Å². The van der Waals surface area contributed by atoms with Gasteiger partial charge in [-0.15, -0.1) is 0 Å². The summed E-state index contributed by atoms with van der Waals surface area (Å²) in [5.74, 6) is 2.17. The lowest BCUT2D eigenvalue weighted by atomic mass is 10.1. The molecule has 10 nitrogen and oxygen atoms in total. The maximum absolute atomic E-state index is 8.93. The Morgan fingerprint density at radius 1 is 1.24 bits per heavy atom. The van der Waals surface area contributed by atoms with Gasteiger partial charge in [-0.1, -0.05) is 12.1 Å². The van der Waals surface area contributed by atoms with E-state index >= 15 is 0 Å². The number of hydrogen-bond donors (Lipinski definition) is 3. The van der Waals surface area contributed by atoms with Crippen LogP contribution in [-0.4, -0.2) is 89.2 Å². The molecule has 1 atom stereocenters. The number of ether oxygens (including phenoxy) is 2. The van der Waals surface area contributed by atoms with Crippen LogP contribution in [0.4, 0.5) is 11.8 Å². The number of aliphatic hydroxyl groups excluding tert-OH is 1. The largest absolute Gasteiger partial charge is 0.394 e. The highest BCUT2D eigenvalue weighted by Gasteiger charge is 2.26. The molecule has 4 heterocycles. The lowest BCUT2D eigenvalue weighted by Crippen LogP contribution is -2.44. The van der Waals surface area contributed by atoms with Gasteiger partial charge >= 0.3 is 0 Å². The monoisotopic (exact) mass is 451 g/mol. The summed E-state index contributed by atoms with van der Waals surface area (Å²) in [6.07, 6.45) is 1.93. The predicted octanol–water partition coefficient (Wildman–Crippen LogP) is 2.17. The van der Waals surface area contributed by atoms with Crippen LogP contribution < -0.4 is 9.80 Å². The summed E-state index contributed by atoms with van der Waals surface area (Å²) in [4.78, 5) is 25.6. The van der Waals surface area contributed by atoms with Crippen molar-refractivity contribution in [3.63, 3.8) is 0 Å². The molecule has 0 amide bonds. The van der Waals surface area contributed by atoms with Gasteiger partial charge in [-0.05, 0) is 19.1 Å². The Morgan fingerprint density at radius 2 is 2.15 bits per heavy atom. The minimum atomic E-state index is 0.00911. The van der Waals surface area contributed by atoms with Gasteiger partial charge in [0.05, 0.1) is 39.1 Å². The van der Waals surface area contributed by atoms with Crippen molar-refractivity contribution in [2.45, 2.75) is 13.0 Å². The van der Waals surface area contributed by atoms with Gasteiger partial charge in [0.25, 0.3) is 0 Å². The van der Waals surface area contributed by atoms with Gasteiger partial charge in [-0.25, -0.2) is 4.98 Å². The zero-order valence-corrected chi connectivity index (χ0v) is 18.9. The van der Waals surface area contributed by atoms with Crippen molar-refractivity contribution in [1.82, 2.24) is 24.9 Å². The summed E-state index contributed by atoms with van der Waals surface area (Å²) in [7, 11) is 1.93. The van der Waals surface area contributed by atoms with Gasteiger partial charge in [0, 0.05) is 42.8 Å². The Balaban J connectivity index is 1.58. The van der Waals surface area contributed by atoms with E-state index in [4.69, 9.17) is 29.5 Å². The van der Waals surface area contributed by atoms with Crippen LogP contribution in [0.2, 0.25) is 0 Å². The number of anilines is 2. The topological polar surface area (TPSA) is 115 Å². The van der Waals surface area contributed by atoms with E-state index in [-0.39, 0.29) is 12.6 Å². The molecule has 1 aromatic carbocycles. The Labute approximate surface area is 191 Å². The molecular weight excluding hydrogens is 422 g/mol. The van der Waals surface area contributed by atoms with Crippen LogP contribution in [0, 0.1) is 0 Å². The Morgan fingerprint density at radius 3 is 3.00 bits per heavy atom. The molecule has 33 heavy (non-hydrogen) atoms. The second kappa shape index (κ2) is 9.34. The fourth-order valence-electron chi connectivity index (χ4n) is 4.18. The third-order valence-corrected chi connectivity index (χ3v) is 5.96. The normalized spacial score (nSPS) is 16.7. The maximum Gasteiger partial charge on any atom is 0.229 e. The van der Waals surface area contributed by atoms with Crippen LogP contribution in [0.25, 0.3) is 33.5 Å². The zero-order valence-electron chi connectivity index (χ0n) is 18.9. The van der Waals surface area contributed by atoms with Gasteiger partial charge in [0.1, 0.15) is 11.3 Å². The van der Waals surface area contributed by atoms with Crippen LogP contribution in [0.5, 0.6) is 0 Å². The first-order valence-electron chi connectivity index (χ1n) is 11.2. The van der Waals surface area contributed by atoms with E-state index in [1.807, 2.05) is 30.3 Å². The summed E-state index contributed by atoms with van der Waals surface area (Å²) in [6, 6.07) is 8.37. The third-order valence-electron chi connectivity index (χ3n) is 5.96. The fraction of sp³-hybridized carbons (Fsp3) is 0.435.